The lowest BCUT2D eigenvalue weighted by Gasteiger charge is -2.15. The molecule has 0 unspecified atom stereocenters. The SMILES string of the molecule is CCCc1ccc(S(=O)(=O)Nc2ccc(-c3ccc(N4CCCC4)nn3)cc2)cc1. The lowest BCUT2D eigenvalue weighted by atomic mass is 10.1. The number of aromatic nitrogens is 2. The fraction of sp³-hybridized carbons (Fsp3) is 0.304. The van der Waals surface area contributed by atoms with Gasteiger partial charge in [-0.05, 0) is 61.2 Å². The maximum Gasteiger partial charge on any atom is 0.261 e. The van der Waals surface area contributed by atoms with Crippen molar-refractivity contribution < 1.29 is 8.42 Å². The molecule has 0 bridgehead atoms. The zero-order valence-electron chi connectivity index (χ0n) is 17.1. The Morgan fingerprint density at radius 1 is 0.900 bits per heavy atom. The Morgan fingerprint density at radius 2 is 1.60 bits per heavy atom. The zero-order valence-corrected chi connectivity index (χ0v) is 17.9. The van der Waals surface area contributed by atoms with Gasteiger partial charge in [-0.25, -0.2) is 8.42 Å². The smallest absolute Gasteiger partial charge is 0.261 e. The van der Waals surface area contributed by atoms with E-state index in [0.717, 1.165) is 48.6 Å². The maximum absolute atomic E-state index is 12.7. The lowest BCUT2D eigenvalue weighted by molar-refractivity contribution is 0.601. The molecule has 1 N–H and O–H groups in total. The molecule has 6 nitrogen and oxygen atoms in total. The fourth-order valence-corrected chi connectivity index (χ4v) is 4.70. The predicted molar refractivity (Wildman–Crippen MR) is 120 cm³/mol. The molecule has 156 valence electrons. The number of rotatable bonds is 7. The van der Waals surface area contributed by atoms with Crippen LogP contribution in [0.25, 0.3) is 11.3 Å². The molecule has 3 aromatic rings. The normalized spacial score (nSPS) is 14.1. The van der Waals surface area contributed by atoms with E-state index in [4.69, 9.17) is 0 Å². The molecule has 1 aliphatic rings. The maximum atomic E-state index is 12.7. The highest BCUT2D eigenvalue weighted by Gasteiger charge is 2.15. The van der Waals surface area contributed by atoms with Crippen molar-refractivity contribution in [3.8, 4) is 11.3 Å². The molecule has 1 aromatic heterocycles. The van der Waals surface area contributed by atoms with Crippen molar-refractivity contribution in [3.05, 3.63) is 66.2 Å². The minimum Gasteiger partial charge on any atom is -0.355 e. The van der Waals surface area contributed by atoms with Gasteiger partial charge in [-0.2, -0.15) is 0 Å². The van der Waals surface area contributed by atoms with E-state index in [-0.39, 0.29) is 4.90 Å². The number of benzene rings is 2. The Labute approximate surface area is 178 Å². The molecular formula is C23H26N4O2S. The highest BCUT2D eigenvalue weighted by Crippen LogP contribution is 2.24. The van der Waals surface area contributed by atoms with E-state index in [1.165, 1.54) is 12.8 Å². The van der Waals surface area contributed by atoms with E-state index in [2.05, 4.69) is 26.7 Å². The Bertz CT molecular complexity index is 1070. The summed E-state index contributed by atoms with van der Waals surface area (Å²) in [6, 6.07) is 18.2. The summed E-state index contributed by atoms with van der Waals surface area (Å²) in [5.74, 6) is 0.908. The largest absolute Gasteiger partial charge is 0.355 e. The van der Waals surface area contributed by atoms with Crippen LogP contribution in [0.3, 0.4) is 0 Å². The highest BCUT2D eigenvalue weighted by atomic mass is 32.2. The van der Waals surface area contributed by atoms with Crippen LogP contribution in [0.15, 0.2) is 65.6 Å². The monoisotopic (exact) mass is 422 g/mol. The van der Waals surface area contributed by atoms with Crippen LogP contribution >= 0.6 is 0 Å². The van der Waals surface area contributed by atoms with Crippen molar-refractivity contribution in [3.63, 3.8) is 0 Å². The summed E-state index contributed by atoms with van der Waals surface area (Å²) in [5.41, 5.74) is 3.30. The second kappa shape index (κ2) is 8.83. The van der Waals surface area contributed by atoms with Gasteiger partial charge in [-0.1, -0.05) is 37.6 Å². The van der Waals surface area contributed by atoms with Gasteiger partial charge in [-0.3, -0.25) is 4.72 Å². The van der Waals surface area contributed by atoms with Crippen molar-refractivity contribution in [1.82, 2.24) is 10.2 Å². The highest BCUT2D eigenvalue weighted by molar-refractivity contribution is 7.92. The molecule has 4 rings (SSSR count). The van der Waals surface area contributed by atoms with Gasteiger partial charge in [0, 0.05) is 24.3 Å². The van der Waals surface area contributed by atoms with Crippen molar-refractivity contribution >= 4 is 21.5 Å². The first kappa shape index (κ1) is 20.3. The molecule has 0 saturated carbocycles. The number of hydrogen-bond acceptors (Lipinski definition) is 5. The van der Waals surface area contributed by atoms with Crippen molar-refractivity contribution in [2.24, 2.45) is 0 Å². The summed E-state index contributed by atoms with van der Waals surface area (Å²) in [5, 5.41) is 8.68. The first-order chi connectivity index (χ1) is 14.5. The average molecular weight is 423 g/mol. The topological polar surface area (TPSA) is 75.2 Å². The van der Waals surface area contributed by atoms with Crippen LogP contribution in [0.2, 0.25) is 0 Å². The number of nitrogens with zero attached hydrogens (tertiary/aromatic N) is 3. The van der Waals surface area contributed by atoms with Crippen molar-refractivity contribution in [1.29, 1.82) is 0 Å². The van der Waals surface area contributed by atoms with E-state index >= 15 is 0 Å². The van der Waals surface area contributed by atoms with Crippen molar-refractivity contribution in [2.75, 3.05) is 22.7 Å². The third-order valence-corrected chi connectivity index (χ3v) is 6.68. The molecule has 0 atom stereocenters. The third-order valence-electron chi connectivity index (χ3n) is 5.29. The summed E-state index contributed by atoms with van der Waals surface area (Å²) >= 11 is 0. The number of hydrogen-bond donors (Lipinski definition) is 1. The second-order valence-corrected chi connectivity index (χ2v) is 9.23. The minimum absolute atomic E-state index is 0.259. The van der Waals surface area contributed by atoms with E-state index in [9.17, 15) is 8.42 Å². The lowest BCUT2D eigenvalue weighted by Crippen LogP contribution is -2.19. The average Bonchev–Trinajstić information content (AvgIpc) is 3.30. The van der Waals surface area contributed by atoms with Gasteiger partial charge < -0.3 is 4.90 Å². The Kier molecular flexibility index (Phi) is 5.99. The molecular weight excluding hydrogens is 396 g/mol. The van der Waals surface area contributed by atoms with E-state index < -0.39 is 10.0 Å². The van der Waals surface area contributed by atoms with Crippen LogP contribution in [0.4, 0.5) is 11.5 Å². The zero-order chi connectivity index (χ0) is 21.0. The van der Waals surface area contributed by atoms with Gasteiger partial charge >= 0.3 is 0 Å². The molecule has 0 spiro atoms. The van der Waals surface area contributed by atoms with Crippen LogP contribution in [0.5, 0.6) is 0 Å². The summed E-state index contributed by atoms with van der Waals surface area (Å²) in [6.45, 7) is 4.16. The van der Waals surface area contributed by atoms with Crippen molar-refractivity contribution in [2.45, 2.75) is 37.5 Å². The number of anilines is 2. The van der Waals surface area contributed by atoms with Gasteiger partial charge in [0.1, 0.15) is 0 Å². The number of aryl methyl sites for hydroxylation is 1. The Morgan fingerprint density at radius 3 is 2.20 bits per heavy atom. The molecule has 2 heterocycles. The van der Waals surface area contributed by atoms with E-state index in [1.54, 1.807) is 24.3 Å². The van der Waals surface area contributed by atoms with Crippen LogP contribution in [0.1, 0.15) is 31.7 Å². The van der Waals surface area contributed by atoms with Gasteiger partial charge in [0.15, 0.2) is 5.82 Å². The predicted octanol–water partition coefficient (Wildman–Crippen LogP) is 4.50. The molecule has 1 fully saturated rings. The fourth-order valence-electron chi connectivity index (χ4n) is 3.64. The molecule has 0 amide bonds. The molecule has 7 heteroatoms. The van der Waals surface area contributed by atoms with Gasteiger partial charge in [0.25, 0.3) is 10.0 Å². The quantitative estimate of drug-likeness (QED) is 0.607. The van der Waals surface area contributed by atoms with Gasteiger partial charge in [0.2, 0.25) is 0 Å². The van der Waals surface area contributed by atoms with Crippen LogP contribution < -0.4 is 9.62 Å². The summed E-state index contributed by atoms with van der Waals surface area (Å²) in [7, 11) is -3.62. The van der Waals surface area contributed by atoms with E-state index in [0.29, 0.717) is 5.69 Å². The molecule has 30 heavy (non-hydrogen) atoms. The van der Waals surface area contributed by atoms with E-state index in [1.807, 2.05) is 36.4 Å². The molecule has 0 radical (unpaired) electrons. The van der Waals surface area contributed by atoms with Crippen LogP contribution in [-0.4, -0.2) is 31.7 Å². The third kappa shape index (κ3) is 4.62. The van der Waals surface area contributed by atoms with Gasteiger partial charge in [0.05, 0.1) is 10.6 Å². The Balaban J connectivity index is 1.45. The first-order valence-electron chi connectivity index (χ1n) is 10.4. The molecule has 1 saturated heterocycles. The van der Waals surface area contributed by atoms with Crippen LogP contribution in [-0.2, 0) is 16.4 Å². The standard InChI is InChI=1S/C23H26N4O2S/c1-2-5-18-6-12-21(13-7-18)30(28,29)26-20-10-8-19(9-11-20)22-14-15-23(25-24-22)27-16-3-4-17-27/h6-15,26H,2-5,16-17H2,1H3. The summed E-state index contributed by atoms with van der Waals surface area (Å²) < 4.78 is 27.9. The molecule has 2 aromatic carbocycles. The first-order valence-corrected chi connectivity index (χ1v) is 11.8. The van der Waals surface area contributed by atoms with Gasteiger partial charge in [-0.15, -0.1) is 10.2 Å². The van der Waals surface area contributed by atoms with Crippen LogP contribution in [0, 0.1) is 0 Å². The number of nitrogens with one attached hydrogen (secondary N) is 1. The molecule has 0 aliphatic carbocycles. The number of sulfonamides is 1. The summed E-state index contributed by atoms with van der Waals surface area (Å²) in [6.07, 6.45) is 4.37. The Hall–Kier alpha value is -2.93. The summed E-state index contributed by atoms with van der Waals surface area (Å²) in [4.78, 5) is 2.50. The molecule has 1 aliphatic heterocycles. The second-order valence-electron chi connectivity index (χ2n) is 7.55. The minimum atomic E-state index is -3.62.